The van der Waals surface area contributed by atoms with Crippen molar-refractivity contribution < 1.29 is 19.1 Å². The molecule has 0 bridgehead atoms. The molecular weight excluding hydrogens is 501 g/mol. The Morgan fingerprint density at radius 1 is 0.972 bits per heavy atom. The molecule has 0 aliphatic heterocycles. The van der Waals surface area contributed by atoms with E-state index < -0.39 is 11.8 Å². The lowest BCUT2D eigenvalue weighted by molar-refractivity contribution is -0.139. The smallest absolute Gasteiger partial charge is 0.329 e. The van der Waals surface area contributed by atoms with E-state index in [4.69, 9.17) is 32.7 Å². The van der Waals surface area contributed by atoms with E-state index in [1.54, 1.807) is 36.4 Å². The third-order valence-corrected chi connectivity index (χ3v) is 6.02. The number of hydrogen-bond donors (Lipinski definition) is 2. The van der Waals surface area contributed by atoms with Crippen molar-refractivity contribution in [1.82, 2.24) is 10.7 Å². The second-order valence-electron chi connectivity index (χ2n) is 8.18. The number of halogens is 2. The summed E-state index contributed by atoms with van der Waals surface area (Å²) < 4.78 is 11.2. The van der Waals surface area contributed by atoms with Gasteiger partial charge in [-0.25, -0.2) is 5.43 Å². The van der Waals surface area contributed by atoms with Crippen molar-refractivity contribution in [2.24, 2.45) is 5.10 Å². The number of nitrogens with zero attached hydrogens (tertiary/aromatic N) is 1. The van der Waals surface area contributed by atoms with Crippen LogP contribution in [0.4, 0.5) is 0 Å². The molecule has 7 nitrogen and oxygen atoms in total. The van der Waals surface area contributed by atoms with Crippen LogP contribution in [0.1, 0.15) is 42.0 Å². The highest BCUT2D eigenvalue weighted by Gasteiger charge is 2.13. The molecular formula is C27H27Cl2N3O4. The number of hydrazone groups is 1. The lowest BCUT2D eigenvalue weighted by atomic mass is 10.0. The molecule has 0 fully saturated rings. The van der Waals surface area contributed by atoms with Gasteiger partial charge in [0, 0.05) is 22.2 Å². The van der Waals surface area contributed by atoms with Gasteiger partial charge in [-0.15, -0.1) is 0 Å². The highest BCUT2D eigenvalue weighted by atomic mass is 35.5. The molecule has 0 radical (unpaired) electrons. The average Bonchev–Trinajstić information content (AvgIpc) is 2.87. The number of benzene rings is 3. The van der Waals surface area contributed by atoms with Gasteiger partial charge in [0.1, 0.15) is 6.61 Å². The van der Waals surface area contributed by atoms with Crippen LogP contribution >= 0.6 is 23.2 Å². The van der Waals surface area contributed by atoms with Gasteiger partial charge in [0.15, 0.2) is 11.5 Å². The third kappa shape index (κ3) is 7.47. The fourth-order valence-corrected chi connectivity index (χ4v) is 3.71. The van der Waals surface area contributed by atoms with Crippen LogP contribution in [0.5, 0.6) is 11.5 Å². The quantitative estimate of drug-likeness (QED) is 0.219. The third-order valence-electron chi connectivity index (χ3n) is 5.31. The Morgan fingerprint density at radius 3 is 2.31 bits per heavy atom. The topological polar surface area (TPSA) is 89.0 Å². The van der Waals surface area contributed by atoms with Crippen LogP contribution in [0.3, 0.4) is 0 Å². The van der Waals surface area contributed by atoms with E-state index in [0.29, 0.717) is 38.6 Å². The first-order valence-corrected chi connectivity index (χ1v) is 12.0. The number of rotatable bonds is 9. The zero-order valence-corrected chi connectivity index (χ0v) is 21.7. The highest BCUT2D eigenvalue weighted by Crippen LogP contribution is 2.31. The van der Waals surface area contributed by atoms with E-state index >= 15 is 0 Å². The molecule has 0 aromatic heterocycles. The van der Waals surface area contributed by atoms with E-state index in [-0.39, 0.29) is 13.2 Å². The molecule has 2 amide bonds. The normalized spacial score (nSPS) is 10.9. The van der Waals surface area contributed by atoms with Crippen molar-refractivity contribution in [2.45, 2.75) is 32.9 Å². The van der Waals surface area contributed by atoms with Crippen LogP contribution in [0.15, 0.2) is 65.8 Å². The summed E-state index contributed by atoms with van der Waals surface area (Å²) in [5, 5.41) is 7.45. The van der Waals surface area contributed by atoms with Crippen molar-refractivity contribution in [2.75, 3.05) is 7.11 Å². The predicted molar refractivity (Wildman–Crippen MR) is 142 cm³/mol. The van der Waals surface area contributed by atoms with E-state index in [1.165, 1.54) is 18.9 Å². The van der Waals surface area contributed by atoms with Gasteiger partial charge >= 0.3 is 11.8 Å². The molecule has 0 saturated heterocycles. The van der Waals surface area contributed by atoms with Crippen LogP contribution in [0, 0.1) is 0 Å². The minimum absolute atomic E-state index is 0.162. The van der Waals surface area contributed by atoms with Crippen LogP contribution in [-0.2, 0) is 22.7 Å². The Balaban J connectivity index is 1.52. The first-order valence-electron chi connectivity index (χ1n) is 11.2. The number of carbonyl (C=O) groups is 2. The fraction of sp³-hybridized carbons (Fsp3) is 0.222. The molecule has 0 aliphatic carbocycles. The van der Waals surface area contributed by atoms with Gasteiger partial charge in [-0.05, 0) is 52.9 Å². The maximum absolute atomic E-state index is 12.1. The zero-order valence-electron chi connectivity index (χ0n) is 20.2. The van der Waals surface area contributed by atoms with Crippen molar-refractivity contribution in [3.05, 3.63) is 93.0 Å². The van der Waals surface area contributed by atoms with Crippen LogP contribution in [0.25, 0.3) is 0 Å². The van der Waals surface area contributed by atoms with Gasteiger partial charge in [-0.3, -0.25) is 9.59 Å². The fourth-order valence-electron chi connectivity index (χ4n) is 3.20. The molecule has 3 aromatic carbocycles. The largest absolute Gasteiger partial charge is 0.493 e. The molecule has 9 heteroatoms. The summed E-state index contributed by atoms with van der Waals surface area (Å²) in [7, 11) is 1.51. The molecule has 0 heterocycles. The Labute approximate surface area is 220 Å². The molecule has 3 aromatic rings. The van der Waals surface area contributed by atoms with E-state index in [2.05, 4.69) is 29.7 Å². The van der Waals surface area contributed by atoms with Crippen LogP contribution in [-0.4, -0.2) is 25.1 Å². The summed E-state index contributed by atoms with van der Waals surface area (Å²) in [5.74, 6) is -0.285. The minimum atomic E-state index is -0.867. The molecule has 0 atom stereocenters. The van der Waals surface area contributed by atoms with Gasteiger partial charge in [0.2, 0.25) is 0 Å². The number of nitrogens with one attached hydrogen (secondary N) is 2. The minimum Gasteiger partial charge on any atom is -0.493 e. The molecule has 0 saturated carbocycles. The van der Waals surface area contributed by atoms with Crippen molar-refractivity contribution >= 4 is 41.2 Å². The lowest BCUT2D eigenvalue weighted by Crippen LogP contribution is -2.37. The second kappa shape index (κ2) is 13.0. The number of carbonyl (C=O) groups excluding carboxylic acids is 2. The van der Waals surface area contributed by atoms with Gasteiger partial charge < -0.3 is 14.8 Å². The van der Waals surface area contributed by atoms with Crippen molar-refractivity contribution in [3.63, 3.8) is 0 Å². The Kier molecular flexibility index (Phi) is 9.73. The Hall–Kier alpha value is -3.55. The number of methoxy groups -OCH3 is 1. The molecule has 188 valence electrons. The first kappa shape index (κ1) is 27.0. The van der Waals surface area contributed by atoms with E-state index in [0.717, 1.165) is 5.56 Å². The van der Waals surface area contributed by atoms with E-state index in [1.807, 2.05) is 24.3 Å². The molecule has 0 aliphatic rings. The summed E-state index contributed by atoms with van der Waals surface area (Å²) in [6.07, 6.45) is 1.40. The summed E-state index contributed by atoms with van der Waals surface area (Å²) in [4.78, 5) is 24.1. The van der Waals surface area contributed by atoms with Gasteiger partial charge in [0.05, 0.1) is 13.3 Å². The monoisotopic (exact) mass is 527 g/mol. The number of hydrogen-bond acceptors (Lipinski definition) is 5. The number of amides is 2. The summed E-state index contributed by atoms with van der Waals surface area (Å²) >= 11 is 12.4. The first-order chi connectivity index (χ1) is 17.3. The Morgan fingerprint density at radius 2 is 1.67 bits per heavy atom. The molecule has 0 spiro atoms. The van der Waals surface area contributed by atoms with Gasteiger partial charge in [-0.1, -0.05) is 67.4 Å². The van der Waals surface area contributed by atoms with E-state index in [9.17, 15) is 9.59 Å². The van der Waals surface area contributed by atoms with Gasteiger partial charge in [0.25, 0.3) is 0 Å². The molecule has 3 rings (SSSR count). The molecule has 0 unspecified atom stereocenters. The maximum atomic E-state index is 12.1. The summed E-state index contributed by atoms with van der Waals surface area (Å²) in [5.41, 5.74) is 5.62. The standard InChI is InChI=1S/C27H27Cl2N3O4/c1-17(2)20-10-7-18(8-11-20)14-30-26(33)27(34)32-31-15-19-9-12-24(25(13-19)35-3)36-16-21-22(28)5-4-6-23(21)29/h4-13,15,17H,14,16H2,1-3H3,(H,30,33)(H,32,34)/b31-15-. The van der Waals surface area contributed by atoms with Crippen LogP contribution < -0.4 is 20.2 Å². The highest BCUT2D eigenvalue weighted by molar-refractivity contribution is 6.36. The van der Waals surface area contributed by atoms with Gasteiger partial charge in [-0.2, -0.15) is 5.10 Å². The zero-order chi connectivity index (χ0) is 26.1. The average molecular weight is 528 g/mol. The van der Waals surface area contributed by atoms with Crippen molar-refractivity contribution in [1.29, 1.82) is 0 Å². The second-order valence-corrected chi connectivity index (χ2v) is 8.99. The molecule has 2 N–H and O–H groups in total. The molecule has 36 heavy (non-hydrogen) atoms. The number of ether oxygens (including phenoxy) is 2. The van der Waals surface area contributed by atoms with Crippen molar-refractivity contribution in [3.8, 4) is 11.5 Å². The SMILES string of the molecule is COc1cc(/C=N\NC(=O)C(=O)NCc2ccc(C(C)C)cc2)ccc1OCc1c(Cl)cccc1Cl. The maximum Gasteiger partial charge on any atom is 0.329 e. The Bertz CT molecular complexity index is 1220. The lowest BCUT2D eigenvalue weighted by Gasteiger charge is -2.13. The summed E-state index contributed by atoms with van der Waals surface area (Å²) in [6.45, 7) is 4.62. The van der Waals surface area contributed by atoms with Crippen LogP contribution in [0.2, 0.25) is 10.0 Å². The predicted octanol–water partition coefficient (Wildman–Crippen LogP) is 5.47. The summed E-state index contributed by atoms with van der Waals surface area (Å²) in [6, 6.07) is 18.2.